The van der Waals surface area contributed by atoms with Crippen molar-refractivity contribution in [1.29, 1.82) is 0 Å². The van der Waals surface area contributed by atoms with E-state index in [-0.39, 0.29) is 0 Å². The lowest BCUT2D eigenvalue weighted by Crippen LogP contribution is -2.21. The molecule has 0 radical (unpaired) electrons. The van der Waals surface area contributed by atoms with Crippen molar-refractivity contribution in [2.24, 2.45) is 5.92 Å². The van der Waals surface area contributed by atoms with Crippen molar-refractivity contribution in [2.45, 2.75) is 45.1 Å². The largest absolute Gasteiger partial charge is 0.317 e. The third-order valence-corrected chi connectivity index (χ3v) is 5.19. The second-order valence-electron chi connectivity index (χ2n) is 4.61. The minimum absolute atomic E-state index is 0.356. The van der Waals surface area contributed by atoms with Gasteiger partial charge in [-0.3, -0.25) is 0 Å². The number of hydrogen-bond donors (Lipinski definition) is 1. The maximum Gasteiger partial charge on any atom is 0.150 e. The highest BCUT2D eigenvalue weighted by Gasteiger charge is 2.24. The van der Waals surface area contributed by atoms with Crippen LogP contribution in [0.4, 0.5) is 0 Å². The lowest BCUT2D eigenvalue weighted by molar-refractivity contribution is 0.494. The molecule has 2 unspecified atom stereocenters. The summed E-state index contributed by atoms with van der Waals surface area (Å²) in [5.74, 6) is 1.37. The average molecular weight is 233 g/mol. The molecular weight excluding hydrogens is 210 g/mol. The number of rotatable bonds is 6. The maximum atomic E-state index is 11.5. The van der Waals surface area contributed by atoms with Gasteiger partial charge in [-0.25, -0.2) is 8.42 Å². The number of nitrogens with one attached hydrogen (secondary N) is 1. The Morgan fingerprint density at radius 2 is 2.00 bits per heavy atom. The Morgan fingerprint density at radius 1 is 1.27 bits per heavy atom. The van der Waals surface area contributed by atoms with Gasteiger partial charge in [0, 0.05) is 11.8 Å². The van der Waals surface area contributed by atoms with Gasteiger partial charge in [-0.05, 0) is 45.1 Å². The van der Waals surface area contributed by atoms with E-state index in [0.717, 1.165) is 19.3 Å². The summed E-state index contributed by atoms with van der Waals surface area (Å²) in [6.45, 7) is 1.92. The molecule has 0 aromatic heterocycles. The van der Waals surface area contributed by atoms with Crippen molar-refractivity contribution in [3.63, 3.8) is 0 Å². The highest BCUT2D eigenvalue weighted by atomic mass is 32.2. The summed E-state index contributed by atoms with van der Waals surface area (Å²) < 4.78 is 23.0. The quantitative estimate of drug-likeness (QED) is 0.758. The van der Waals surface area contributed by atoms with Gasteiger partial charge in [-0.1, -0.05) is 6.92 Å². The van der Waals surface area contributed by atoms with Crippen LogP contribution in [0.3, 0.4) is 0 Å². The van der Waals surface area contributed by atoms with E-state index in [4.69, 9.17) is 0 Å². The van der Waals surface area contributed by atoms with Crippen molar-refractivity contribution in [3.8, 4) is 0 Å². The number of sulfone groups is 1. The molecule has 1 N–H and O–H groups in total. The van der Waals surface area contributed by atoms with Crippen LogP contribution in [0, 0.1) is 5.92 Å². The zero-order chi connectivity index (χ0) is 11.3. The molecule has 0 heterocycles. The van der Waals surface area contributed by atoms with E-state index in [9.17, 15) is 8.42 Å². The van der Waals surface area contributed by atoms with Crippen LogP contribution < -0.4 is 5.32 Å². The maximum absolute atomic E-state index is 11.5. The monoisotopic (exact) mass is 233 g/mol. The molecule has 0 amide bonds. The molecule has 0 saturated heterocycles. The van der Waals surface area contributed by atoms with Crippen molar-refractivity contribution >= 4 is 9.84 Å². The Kier molecular flexibility index (Phi) is 5.06. The van der Waals surface area contributed by atoms with Crippen LogP contribution in [-0.2, 0) is 9.84 Å². The summed E-state index contributed by atoms with van der Waals surface area (Å²) in [6, 6.07) is 0.615. The minimum atomic E-state index is -2.76. The number of hydrogen-bond acceptors (Lipinski definition) is 3. The first-order valence-corrected chi connectivity index (χ1v) is 7.77. The van der Waals surface area contributed by atoms with Crippen molar-refractivity contribution in [3.05, 3.63) is 0 Å². The predicted molar refractivity (Wildman–Crippen MR) is 63.8 cm³/mol. The molecule has 0 spiro atoms. The van der Waals surface area contributed by atoms with E-state index in [2.05, 4.69) is 5.32 Å². The van der Waals surface area contributed by atoms with Gasteiger partial charge in [-0.15, -0.1) is 0 Å². The van der Waals surface area contributed by atoms with E-state index in [1.165, 1.54) is 12.8 Å². The normalized spacial score (nSPS) is 27.1. The summed E-state index contributed by atoms with van der Waals surface area (Å²) in [7, 11) is -0.777. The Bertz CT molecular complexity index is 274. The minimum Gasteiger partial charge on any atom is -0.317 e. The van der Waals surface area contributed by atoms with Gasteiger partial charge in [0.1, 0.15) is 9.84 Å². The molecule has 1 rings (SSSR count). The molecule has 90 valence electrons. The Morgan fingerprint density at radius 3 is 2.53 bits per heavy atom. The lowest BCUT2D eigenvalue weighted by Gasteiger charge is -2.10. The molecule has 1 aliphatic rings. The smallest absolute Gasteiger partial charge is 0.150 e. The van der Waals surface area contributed by atoms with Gasteiger partial charge in [-0.2, -0.15) is 0 Å². The molecule has 0 aromatic carbocycles. The third-order valence-electron chi connectivity index (χ3n) is 3.30. The Hall–Kier alpha value is -0.0900. The van der Waals surface area contributed by atoms with Crippen LogP contribution in [0.2, 0.25) is 0 Å². The third kappa shape index (κ3) is 4.51. The van der Waals surface area contributed by atoms with Crippen LogP contribution in [0.5, 0.6) is 0 Å². The summed E-state index contributed by atoms with van der Waals surface area (Å²) in [5.41, 5.74) is 0. The summed E-state index contributed by atoms with van der Waals surface area (Å²) in [5, 5.41) is 3.27. The fourth-order valence-electron chi connectivity index (χ4n) is 2.36. The second-order valence-corrected chi connectivity index (χ2v) is 6.91. The highest BCUT2D eigenvalue weighted by molar-refractivity contribution is 7.91. The first kappa shape index (κ1) is 13.0. The fraction of sp³-hybridized carbons (Fsp3) is 1.00. The summed E-state index contributed by atoms with van der Waals surface area (Å²) in [4.78, 5) is 0. The molecule has 4 heteroatoms. The first-order valence-electron chi connectivity index (χ1n) is 5.95. The second kappa shape index (κ2) is 5.85. The molecule has 1 saturated carbocycles. The summed E-state index contributed by atoms with van der Waals surface area (Å²) in [6.07, 6.45) is 5.15. The average Bonchev–Trinajstić information content (AvgIpc) is 2.62. The zero-order valence-corrected chi connectivity index (χ0v) is 10.6. The molecule has 0 aromatic rings. The Balaban J connectivity index is 2.26. The van der Waals surface area contributed by atoms with E-state index in [1.54, 1.807) is 0 Å². The lowest BCUT2D eigenvalue weighted by atomic mass is 10.1. The van der Waals surface area contributed by atoms with E-state index < -0.39 is 9.84 Å². The highest BCUT2D eigenvalue weighted by Crippen LogP contribution is 2.28. The fourth-order valence-corrected chi connectivity index (χ4v) is 3.88. The van der Waals surface area contributed by atoms with Crippen LogP contribution in [0.25, 0.3) is 0 Å². The van der Waals surface area contributed by atoms with Gasteiger partial charge in [0.05, 0.1) is 5.75 Å². The van der Waals surface area contributed by atoms with Crippen molar-refractivity contribution in [2.75, 3.05) is 18.6 Å². The van der Waals surface area contributed by atoms with Gasteiger partial charge in [0.25, 0.3) is 0 Å². The van der Waals surface area contributed by atoms with Crippen molar-refractivity contribution < 1.29 is 8.42 Å². The van der Waals surface area contributed by atoms with Crippen LogP contribution >= 0.6 is 0 Å². The molecule has 2 atom stereocenters. The standard InChI is InChI=1S/C11H23NO2S/c1-3-7-15(13,14)8-6-10-4-5-11(9-10)12-2/h10-12H,3-9H2,1-2H3. The van der Waals surface area contributed by atoms with Gasteiger partial charge < -0.3 is 5.32 Å². The molecule has 0 bridgehead atoms. The topological polar surface area (TPSA) is 46.2 Å². The van der Waals surface area contributed by atoms with Crippen LogP contribution in [-0.4, -0.2) is 33.0 Å². The van der Waals surface area contributed by atoms with E-state index in [1.807, 2.05) is 14.0 Å². The van der Waals surface area contributed by atoms with E-state index in [0.29, 0.717) is 23.5 Å². The van der Waals surface area contributed by atoms with Gasteiger partial charge >= 0.3 is 0 Å². The summed E-state index contributed by atoms with van der Waals surface area (Å²) >= 11 is 0. The molecular formula is C11H23NO2S. The molecule has 0 aliphatic heterocycles. The van der Waals surface area contributed by atoms with Gasteiger partial charge in [0.15, 0.2) is 0 Å². The zero-order valence-electron chi connectivity index (χ0n) is 9.83. The first-order chi connectivity index (χ1) is 7.07. The molecule has 1 fully saturated rings. The SMILES string of the molecule is CCCS(=O)(=O)CCC1CCC(NC)C1. The molecule has 15 heavy (non-hydrogen) atoms. The van der Waals surface area contributed by atoms with Crippen LogP contribution in [0.15, 0.2) is 0 Å². The molecule has 3 nitrogen and oxygen atoms in total. The van der Waals surface area contributed by atoms with Crippen LogP contribution in [0.1, 0.15) is 39.0 Å². The van der Waals surface area contributed by atoms with E-state index >= 15 is 0 Å². The predicted octanol–water partition coefficient (Wildman–Crippen LogP) is 1.59. The van der Waals surface area contributed by atoms with Gasteiger partial charge in [0.2, 0.25) is 0 Å². The Labute approximate surface area is 93.6 Å². The van der Waals surface area contributed by atoms with Crippen molar-refractivity contribution in [1.82, 2.24) is 5.32 Å². The molecule has 1 aliphatic carbocycles.